The van der Waals surface area contributed by atoms with Crippen molar-refractivity contribution in [1.29, 1.82) is 0 Å². The predicted octanol–water partition coefficient (Wildman–Crippen LogP) is 5.63. The minimum Gasteiger partial charge on any atom is -0.497 e. The number of carbonyl (C=O) groups excluding carboxylic acids is 1. The standard InChI is InChI=1S/C26H40N2O7/c1-5-6-7-8-9-10-11-12-17-31-22-21(32-24-23(22)33-26(2,3)34-24)18-27-35-25(29)28-19-13-15-20(30-4)16-14-19/h13-16,18,21-24H,5-12,17H2,1-4H3,(H,28,29)/t21-,22+,23-,24-/m1/s1. The second-order valence-electron chi connectivity index (χ2n) is 9.37. The number of nitrogens with one attached hydrogen (secondary N) is 1. The van der Waals surface area contributed by atoms with Crippen LogP contribution in [0.15, 0.2) is 29.4 Å². The molecule has 0 unspecified atom stereocenters. The number of rotatable bonds is 14. The Morgan fingerprint density at radius 2 is 1.74 bits per heavy atom. The first-order chi connectivity index (χ1) is 16.9. The zero-order chi connectivity index (χ0) is 25.1. The van der Waals surface area contributed by atoms with Gasteiger partial charge in [0.05, 0.1) is 13.3 Å². The van der Waals surface area contributed by atoms with Crippen molar-refractivity contribution in [3.8, 4) is 5.75 Å². The molecule has 2 saturated heterocycles. The molecule has 0 radical (unpaired) electrons. The van der Waals surface area contributed by atoms with Crippen molar-refractivity contribution >= 4 is 18.0 Å². The smallest absolute Gasteiger partial charge is 0.437 e. The number of carbonyl (C=O) groups is 1. The Hall–Kier alpha value is -2.20. The van der Waals surface area contributed by atoms with Crippen LogP contribution in [0.4, 0.5) is 10.5 Å². The molecule has 2 aliphatic heterocycles. The second kappa shape index (κ2) is 13.8. The monoisotopic (exact) mass is 492 g/mol. The van der Waals surface area contributed by atoms with Crippen LogP contribution < -0.4 is 10.1 Å². The molecule has 0 aliphatic carbocycles. The van der Waals surface area contributed by atoms with Gasteiger partial charge in [-0.15, -0.1) is 0 Å². The highest BCUT2D eigenvalue weighted by molar-refractivity contribution is 5.84. The van der Waals surface area contributed by atoms with Gasteiger partial charge in [0.25, 0.3) is 0 Å². The first-order valence-corrected chi connectivity index (χ1v) is 12.7. The molecule has 196 valence electrons. The second-order valence-corrected chi connectivity index (χ2v) is 9.37. The SMILES string of the molecule is CCCCCCCCCCO[C@@H]1[C@H]2OC(C)(C)O[C@H]2O[C@@H]1C=NOC(=O)Nc1ccc(OC)cc1. The van der Waals surface area contributed by atoms with Gasteiger partial charge in [-0.2, -0.15) is 0 Å². The van der Waals surface area contributed by atoms with Gasteiger partial charge in [0, 0.05) is 12.3 Å². The Bertz CT molecular complexity index is 799. The molecule has 1 N–H and O–H groups in total. The maximum Gasteiger partial charge on any atom is 0.437 e. The molecule has 1 aromatic rings. The van der Waals surface area contributed by atoms with E-state index in [-0.39, 0.29) is 6.10 Å². The predicted molar refractivity (Wildman–Crippen MR) is 133 cm³/mol. The largest absolute Gasteiger partial charge is 0.497 e. The molecule has 0 bridgehead atoms. The lowest BCUT2D eigenvalue weighted by atomic mass is 10.1. The number of hydrogen-bond acceptors (Lipinski definition) is 8. The lowest BCUT2D eigenvalue weighted by Crippen LogP contribution is -2.38. The van der Waals surface area contributed by atoms with E-state index in [0.717, 1.165) is 12.8 Å². The lowest BCUT2D eigenvalue weighted by molar-refractivity contribution is -0.209. The summed E-state index contributed by atoms with van der Waals surface area (Å²) in [5.74, 6) is -0.0526. The van der Waals surface area contributed by atoms with E-state index in [4.69, 9.17) is 28.5 Å². The van der Waals surface area contributed by atoms with Crippen LogP contribution in [0.1, 0.15) is 72.1 Å². The molecule has 0 aromatic heterocycles. The van der Waals surface area contributed by atoms with E-state index < -0.39 is 30.4 Å². The van der Waals surface area contributed by atoms with Crippen LogP contribution in [0.25, 0.3) is 0 Å². The van der Waals surface area contributed by atoms with Crippen LogP contribution in [-0.2, 0) is 23.8 Å². The summed E-state index contributed by atoms with van der Waals surface area (Å²) in [6.07, 6.45) is 8.63. The number of anilines is 1. The van der Waals surface area contributed by atoms with E-state index >= 15 is 0 Å². The number of fused-ring (bicyclic) bond motifs is 1. The van der Waals surface area contributed by atoms with Crippen LogP contribution in [0.5, 0.6) is 5.75 Å². The highest BCUT2D eigenvalue weighted by atomic mass is 16.8. The van der Waals surface area contributed by atoms with Crippen LogP contribution in [0, 0.1) is 0 Å². The molecule has 3 rings (SSSR count). The third-order valence-corrected chi connectivity index (χ3v) is 6.01. The Labute approximate surface area is 208 Å². The fourth-order valence-electron chi connectivity index (χ4n) is 4.22. The zero-order valence-electron chi connectivity index (χ0n) is 21.4. The summed E-state index contributed by atoms with van der Waals surface area (Å²) in [5.41, 5.74) is 0.563. The third kappa shape index (κ3) is 8.75. The molecule has 1 amide bonds. The van der Waals surface area contributed by atoms with Gasteiger partial charge in [-0.3, -0.25) is 10.2 Å². The molecule has 1 aromatic carbocycles. The maximum atomic E-state index is 12.1. The normalized spacial score (nSPS) is 25.0. The van der Waals surface area contributed by atoms with E-state index in [2.05, 4.69) is 17.4 Å². The van der Waals surface area contributed by atoms with Gasteiger partial charge < -0.3 is 23.7 Å². The van der Waals surface area contributed by atoms with Crippen LogP contribution in [0.2, 0.25) is 0 Å². The van der Waals surface area contributed by atoms with Gasteiger partial charge in [0.15, 0.2) is 12.1 Å². The molecule has 2 aliphatic rings. The van der Waals surface area contributed by atoms with Crippen LogP contribution >= 0.6 is 0 Å². The van der Waals surface area contributed by atoms with E-state index in [1.165, 1.54) is 44.7 Å². The Balaban J connectivity index is 1.44. The molecule has 2 heterocycles. The van der Waals surface area contributed by atoms with Crippen molar-refractivity contribution in [2.24, 2.45) is 5.16 Å². The molecule has 2 fully saturated rings. The summed E-state index contributed by atoms with van der Waals surface area (Å²) < 4.78 is 29.0. The average Bonchev–Trinajstić information content (AvgIpc) is 3.29. The molecule has 9 nitrogen and oxygen atoms in total. The van der Waals surface area contributed by atoms with Crippen molar-refractivity contribution < 1.29 is 33.3 Å². The number of hydrogen-bond donors (Lipinski definition) is 1. The zero-order valence-corrected chi connectivity index (χ0v) is 21.4. The van der Waals surface area contributed by atoms with Gasteiger partial charge in [-0.05, 0) is 44.5 Å². The Morgan fingerprint density at radius 1 is 1.06 bits per heavy atom. The summed E-state index contributed by atoms with van der Waals surface area (Å²) in [4.78, 5) is 17.0. The van der Waals surface area contributed by atoms with Gasteiger partial charge >= 0.3 is 6.09 Å². The fraction of sp³-hybridized carbons (Fsp3) is 0.692. The number of oxime groups is 1. The van der Waals surface area contributed by atoms with Crippen molar-refractivity contribution in [2.75, 3.05) is 19.0 Å². The molecule has 0 spiro atoms. The third-order valence-electron chi connectivity index (χ3n) is 6.01. The number of unbranched alkanes of at least 4 members (excludes halogenated alkanes) is 7. The number of ether oxygens (including phenoxy) is 5. The van der Waals surface area contributed by atoms with Crippen molar-refractivity contribution in [3.05, 3.63) is 24.3 Å². The summed E-state index contributed by atoms with van der Waals surface area (Å²) in [6.45, 7) is 6.52. The number of amides is 1. The van der Waals surface area contributed by atoms with Gasteiger partial charge in [-0.25, -0.2) is 4.79 Å². The summed E-state index contributed by atoms with van der Waals surface area (Å²) in [5, 5.41) is 6.41. The summed E-state index contributed by atoms with van der Waals surface area (Å²) >= 11 is 0. The number of methoxy groups -OCH3 is 1. The van der Waals surface area contributed by atoms with Crippen LogP contribution in [0.3, 0.4) is 0 Å². The molecule has 4 atom stereocenters. The highest BCUT2D eigenvalue weighted by Crippen LogP contribution is 2.38. The molecule has 9 heteroatoms. The minimum absolute atomic E-state index is 0.372. The van der Waals surface area contributed by atoms with E-state index in [1.807, 2.05) is 13.8 Å². The van der Waals surface area contributed by atoms with Crippen molar-refractivity contribution in [1.82, 2.24) is 0 Å². The quantitative estimate of drug-likeness (QED) is 0.156. The van der Waals surface area contributed by atoms with E-state index in [1.54, 1.807) is 31.4 Å². The first-order valence-electron chi connectivity index (χ1n) is 12.7. The molecule has 0 saturated carbocycles. The fourth-order valence-corrected chi connectivity index (χ4v) is 4.22. The molecular weight excluding hydrogens is 452 g/mol. The van der Waals surface area contributed by atoms with E-state index in [9.17, 15) is 4.79 Å². The van der Waals surface area contributed by atoms with Gasteiger partial charge in [0.2, 0.25) is 0 Å². The average molecular weight is 493 g/mol. The highest BCUT2D eigenvalue weighted by Gasteiger charge is 2.55. The Kier molecular flexibility index (Phi) is 10.8. The van der Waals surface area contributed by atoms with E-state index in [0.29, 0.717) is 18.0 Å². The number of benzene rings is 1. The van der Waals surface area contributed by atoms with Crippen molar-refractivity contribution in [3.63, 3.8) is 0 Å². The van der Waals surface area contributed by atoms with Gasteiger partial charge in [-0.1, -0.05) is 57.0 Å². The minimum atomic E-state index is -0.744. The lowest BCUT2D eigenvalue weighted by Gasteiger charge is -2.24. The summed E-state index contributed by atoms with van der Waals surface area (Å²) in [6, 6.07) is 6.88. The van der Waals surface area contributed by atoms with Gasteiger partial charge in [0.1, 0.15) is 24.1 Å². The maximum absolute atomic E-state index is 12.1. The first kappa shape index (κ1) is 27.4. The topological polar surface area (TPSA) is 96.8 Å². The number of nitrogens with zero attached hydrogens (tertiary/aromatic N) is 1. The molecular formula is C26H40N2O7. The molecule has 35 heavy (non-hydrogen) atoms. The van der Waals surface area contributed by atoms with Crippen molar-refractivity contribution in [2.45, 2.75) is 103 Å². The Morgan fingerprint density at radius 3 is 2.43 bits per heavy atom. The summed E-state index contributed by atoms with van der Waals surface area (Å²) in [7, 11) is 1.58. The van der Waals surface area contributed by atoms with Crippen LogP contribution in [-0.4, -0.2) is 56.4 Å².